The number of hydrogen-bond donors (Lipinski definition) is 1. The molecule has 2 aliphatic rings. The maximum Gasteiger partial charge on any atom is 0.305 e. The number of ether oxygens (including phenoxy) is 2. The smallest absolute Gasteiger partial charge is 0.305 e. The van der Waals surface area contributed by atoms with Gasteiger partial charge in [-0.3, -0.25) is 9.59 Å². The molecule has 6 nitrogen and oxygen atoms in total. The predicted octanol–water partition coefficient (Wildman–Crippen LogP) is 1.63. The minimum Gasteiger partial charge on any atom is -0.481 e. The molecule has 0 saturated heterocycles. The summed E-state index contributed by atoms with van der Waals surface area (Å²) < 4.78 is 10.6. The molecule has 1 aromatic carbocycles. The van der Waals surface area contributed by atoms with Gasteiger partial charge in [0.1, 0.15) is 0 Å². The molecule has 1 heterocycles. The Balaban J connectivity index is 1.70. The predicted molar refractivity (Wildman–Crippen MR) is 73.0 cm³/mol. The second-order valence-electron chi connectivity index (χ2n) is 5.37. The van der Waals surface area contributed by atoms with Crippen molar-refractivity contribution in [3.05, 3.63) is 23.8 Å². The summed E-state index contributed by atoms with van der Waals surface area (Å²) in [7, 11) is 0. The van der Waals surface area contributed by atoms with Gasteiger partial charge in [0, 0.05) is 19.0 Å². The van der Waals surface area contributed by atoms with Crippen molar-refractivity contribution in [2.75, 3.05) is 13.3 Å². The molecule has 0 spiro atoms. The normalized spacial score (nSPS) is 15.8. The molecule has 1 aromatic rings. The Labute approximate surface area is 122 Å². The van der Waals surface area contributed by atoms with Crippen LogP contribution in [0.3, 0.4) is 0 Å². The Kier molecular flexibility index (Phi) is 3.68. The minimum atomic E-state index is -0.894. The molecule has 112 valence electrons. The van der Waals surface area contributed by atoms with E-state index in [1.54, 1.807) is 4.90 Å². The quantitative estimate of drug-likeness (QED) is 0.862. The number of carbonyl (C=O) groups is 2. The fourth-order valence-corrected chi connectivity index (χ4v) is 2.35. The fourth-order valence-electron chi connectivity index (χ4n) is 2.35. The van der Waals surface area contributed by atoms with Gasteiger partial charge in [0.05, 0.1) is 6.42 Å². The van der Waals surface area contributed by atoms with E-state index < -0.39 is 5.97 Å². The van der Waals surface area contributed by atoms with E-state index in [4.69, 9.17) is 14.6 Å². The van der Waals surface area contributed by atoms with Gasteiger partial charge in [0.15, 0.2) is 11.5 Å². The van der Waals surface area contributed by atoms with Gasteiger partial charge in [-0.25, -0.2) is 0 Å². The molecule has 1 fully saturated rings. The van der Waals surface area contributed by atoms with E-state index in [2.05, 4.69) is 0 Å². The van der Waals surface area contributed by atoms with Gasteiger partial charge >= 0.3 is 5.97 Å². The highest BCUT2D eigenvalue weighted by Crippen LogP contribution is 2.34. The van der Waals surface area contributed by atoms with Crippen molar-refractivity contribution in [2.24, 2.45) is 5.92 Å². The molecule has 1 aliphatic carbocycles. The second kappa shape index (κ2) is 5.63. The van der Waals surface area contributed by atoms with E-state index >= 15 is 0 Å². The van der Waals surface area contributed by atoms with E-state index in [-0.39, 0.29) is 31.6 Å². The first-order valence-electron chi connectivity index (χ1n) is 7.02. The molecule has 0 unspecified atom stereocenters. The largest absolute Gasteiger partial charge is 0.481 e. The summed E-state index contributed by atoms with van der Waals surface area (Å²) in [5.41, 5.74) is 0.915. The van der Waals surface area contributed by atoms with Gasteiger partial charge < -0.3 is 19.5 Å². The third-order valence-electron chi connectivity index (χ3n) is 3.64. The zero-order valence-electron chi connectivity index (χ0n) is 11.6. The Morgan fingerprint density at radius 3 is 2.71 bits per heavy atom. The molecule has 6 heteroatoms. The molecule has 1 saturated carbocycles. The van der Waals surface area contributed by atoms with Crippen LogP contribution < -0.4 is 9.47 Å². The number of benzene rings is 1. The summed E-state index contributed by atoms with van der Waals surface area (Å²) >= 11 is 0. The average Bonchev–Trinajstić information content (AvgIpc) is 3.20. The Hall–Kier alpha value is -2.24. The molecule has 0 atom stereocenters. The SMILES string of the molecule is O=C(O)CCN(Cc1ccc2c(c1)OCO2)C(=O)C1CC1. The maximum atomic E-state index is 12.2. The molecule has 21 heavy (non-hydrogen) atoms. The van der Waals surface area contributed by atoms with Crippen LogP contribution in [-0.4, -0.2) is 35.2 Å². The summed E-state index contributed by atoms with van der Waals surface area (Å²) in [5, 5.41) is 8.82. The Morgan fingerprint density at radius 2 is 2.00 bits per heavy atom. The zero-order valence-corrected chi connectivity index (χ0v) is 11.6. The summed E-state index contributed by atoms with van der Waals surface area (Å²) in [6.45, 7) is 0.848. The fraction of sp³-hybridized carbons (Fsp3) is 0.467. The average molecular weight is 291 g/mol. The number of nitrogens with zero attached hydrogens (tertiary/aromatic N) is 1. The highest BCUT2D eigenvalue weighted by molar-refractivity contribution is 5.81. The Bertz CT molecular complexity index is 567. The molecule has 1 aliphatic heterocycles. The van der Waals surface area contributed by atoms with Crippen LogP contribution in [0.2, 0.25) is 0 Å². The molecule has 1 amide bonds. The van der Waals surface area contributed by atoms with Gasteiger partial charge in [-0.05, 0) is 30.5 Å². The van der Waals surface area contributed by atoms with Gasteiger partial charge in [0.25, 0.3) is 0 Å². The van der Waals surface area contributed by atoms with Crippen LogP contribution >= 0.6 is 0 Å². The van der Waals surface area contributed by atoms with E-state index in [1.807, 2.05) is 18.2 Å². The lowest BCUT2D eigenvalue weighted by Crippen LogP contribution is -2.33. The van der Waals surface area contributed by atoms with Gasteiger partial charge in [-0.1, -0.05) is 6.07 Å². The number of rotatable bonds is 6. The molecular weight excluding hydrogens is 274 g/mol. The molecule has 0 aromatic heterocycles. The van der Waals surface area contributed by atoms with Crippen LogP contribution in [0, 0.1) is 5.92 Å². The maximum absolute atomic E-state index is 12.2. The summed E-state index contributed by atoms with van der Waals surface area (Å²) in [5.74, 6) is 0.602. The van der Waals surface area contributed by atoms with Crippen molar-refractivity contribution in [3.63, 3.8) is 0 Å². The van der Waals surface area contributed by atoms with Gasteiger partial charge in [-0.15, -0.1) is 0 Å². The van der Waals surface area contributed by atoms with E-state index in [0.29, 0.717) is 18.0 Å². The monoisotopic (exact) mass is 291 g/mol. The number of carboxylic acids is 1. The second-order valence-corrected chi connectivity index (χ2v) is 5.37. The van der Waals surface area contributed by atoms with E-state index in [0.717, 1.165) is 18.4 Å². The van der Waals surface area contributed by atoms with Crippen molar-refractivity contribution in [1.29, 1.82) is 0 Å². The van der Waals surface area contributed by atoms with E-state index in [1.165, 1.54) is 0 Å². The Morgan fingerprint density at radius 1 is 1.24 bits per heavy atom. The van der Waals surface area contributed by atoms with Crippen LogP contribution in [-0.2, 0) is 16.1 Å². The molecule has 3 rings (SSSR count). The van der Waals surface area contributed by atoms with Crippen molar-refractivity contribution < 1.29 is 24.2 Å². The molecule has 1 N–H and O–H groups in total. The highest BCUT2D eigenvalue weighted by Gasteiger charge is 2.33. The van der Waals surface area contributed by atoms with Crippen LogP contribution in [0.15, 0.2) is 18.2 Å². The van der Waals surface area contributed by atoms with Crippen molar-refractivity contribution >= 4 is 11.9 Å². The van der Waals surface area contributed by atoms with Gasteiger partial charge in [-0.2, -0.15) is 0 Å². The molecule has 0 radical (unpaired) electrons. The number of hydrogen-bond acceptors (Lipinski definition) is 4. The van der Waals surface area contributed by atoms with Crippen molar-refractivity contribution in [1.82, 2.24) is 4.90 Å². The number of amides is 1. The third-order valence-corrected chi connectivity index (χ3v) is 3.64. The molecule has 0 bridgehead atoms. The van der Waals surface area contributed by atoms with Crippen LogP contribution in [0.1, 0.15) is 24.8 Å². The topological polar surface area (TPSA) is 76.1 Å². The first-order chi connectivity index (χ1) is 10.1. The first-order valence-corrected chi connectivity index (χ1v) is 7.02. The van der Waals surface area contributed by atoms with Gasteiger partial charge in [0.2, 0.25) is 12.7 Å². The highest BCUT2D eigenvalue weighted by atomic mass is 16.7. The minimum absolute atomic E-state index is 0.0387. The number of aliphatic carboxylic acids is 1. The summed E-state index contributed by atoms with van der Waals surface area (Å²) in [6, 6.07) is 5.53. The third kappa shape index (κ3) is 3.26. The lowest BCUT2D eigenvalue weighted by atomic mass is 10.1. The van der Waals surface area contributed by atoms with Crippen molar-refractivity contribution in [3.8, 4) is 11.5 Å². The molecular formula is C15H17NO5. The van der Waals surface area contributed by atoms with Crippen LogP contribution in [0.4, 0.5) is 0 Å². The zero-order chi connectivity index (χ0) is 14.8. The number of fused-ring (bicyclic) bond motifs is 1. The van der Waals surface area contributed by atoms with Crippen LogP contribution in [0.5, 0.6) is 11.5 Å². The lowest BCUT2D eigenvalue weighted by Gasteiger charge is -2.22. The number of carboxylic acid groups (broad SMARTS) is 1. The number of carbonyl (C=O) groups excluding carboxylic acids is 1. The standard InChI is InChI=1S/C15H17NO5/c17-14(18)5-6-16(15(19)11-2-3-11)8-10-1-4-12-13(7-10)21-9-20-12/h1,4,7,11H,2-3,5-6,8-9H2,(H,17,18). The lowest BCUT2D eigenvalue weighted by molar-refractivity contribution is -0.139. The first kappa shape index (κ1) is 13.7. The van der Waals surface area contributed by atoms with Crippen LogP contribution in [0.25, 0.3) is 0 Å². The van der Waals surface area contributed by atoms with Crippen molar-refractivity contribution in [2.45, 2.75) is 25.8 Å². The summed E-state index contributed by atoms with van der Waals surface area (Å²) in [4.78, 5) is 24.6. The summed E-state index contributed by atoms with van der Waals surface area (Å²) in [6.07, 6.45) is 1.77. The van der Waals surface area contributed by atoms with E-state index in [9.17, 15) is 9.59 Å².